The van der Waals surface area contributed by atoms with Crippen molar-refractivity contribution >= 4 is 17.3 Å². The van der Waals surface area contributed by atoms with Crippen LogP contribution >= 0.6 is 0 Å². The predicted molar refractivity (Wildman–Crippen MR) is 77.2 cm³/mol. The summed E-state index contributed by atoms with van der Waals surface area (Å²) in [6.07, 6.45) is 1.25. The lowest BCUT2D eigenvalue weighted by Gasteiger charge is -2.20. The highest BCUT2D eigenvalue weighted by molar-refractivity contribution is 6.02. The Labute approximate surface area is 114 Å². The minimum absolute atomic E-state index is 0.103. The van der Waals surface area contributed by atoms with Gasteiger partial charge in [-0.1, -0.05) is 19.9 Å². The number of rotatable bonds is 2. The van der Waals surface area contributed by atoms with Crippen molar-refractivity contribution in [2.24, 2.45) is 17.6 Å². The molecular formula is C15H21N3O. The van der Waals surface area contributed by atoms with E-state index in [2.05, 4.69) is 36.2 Å². The van der Waals surface area contributed by atoms with Crippen LogP contribution < -0.4 is 16.0 Å². The number of hydrogen-bond donors (Lipinski definition) is 2. The van der Waals surface area contributed by atoms with Crippen molar-refractivity contribution in [1.82, 2.24) is 0 Å². The van der Waals surface area contributed by atoms with Crippen LogP contribution in [0.1, 0.15) is 31.9 Å². The van der Waals surface area contributed by atoms with Gasteiger partial charge in [-0.05, 0) is 30.4 Å². The van der Waals surface area contributed by atoms with Crippen molar-refractivity contribution in [2.75, 3.05) is 23.3 Å². The summed E-state index contributed by atoms with van der Waals surface area (Å²) in [5, 5.41) is 2.85. The zero-order chi connectivity index (χ0) is 13.6. The Bertz CT molecular complexity index is 512. The maximum absolute atomic E-state index is 11.6. The Kier molecular flexibility index (Phi) is 2.97. The van der Waals surface area contributed by atoms with Crippen molar-refractivity contribution in [3.63, 3.8) is 0 Å². The molecule has 102 valence electrons. The molecule has 1 aromatic rings. The highest BCUT2D eigenvalue weighted by Crippen LogP contribution is 2.35. The largest absolute Gasteiger partial charge is 0.371 e. The summed E-state index contributed by atoms with van der Waals surface area (Å²) in [5.41, 5.74) is 8.81. The van der Waals surface area contributed by atoms with Crippen LogP contribution in [-0.4, -0.2) is 19.0 Å². The van der Waals surface area contributed by atoms with Crippen LogP contribution in [0.25, 0.3) is 0 Å². The highest BCUT2D eigenvalue weighted by atomic mass is 16.2. The van der Waals surface area contributed by atoms with Gasteiger partial charge in [0.25, 0.3) is 0 Å². The fraction of sp³-hybridized carbons (Fsp3) is 0.533. The van der Waals surface area contributed by atoms with Gasteiger partial charge in [0.15, 0.2) is 0 Å². The zero-order valence-electron chi connectivity index (χ0n) is 11.5. The van der Waals surface area contributed by atoms with Gasteiger partial charge in [-0.25, -0.2) is 0 Å². The van der Waals surface area contributed by atoms with Crippen molar-refractivity contribution in [1.29, 1.82) is 0 Å². The summed E-state index contributed by atoms with van der Waals surface area (Å²) >= 11 is 0. The quantitative estimate of drug-likeness (QED) is 0.855. The van der Waals surface area contributed by atoms with Crippen molar-refractivity contribution in [3.8, 4) is 0 Å². The average molecular weight is 259 g/mol. The first-order valence-electron chi connectivity index (χ1n) is 7.01. The number of benzene rings is 1. The summed E-state index contributed by atoms with van der Waals surface area (Å²) in [6.45, 7) is 6.78. The Morgan fingerprint density at radius 3 is 2.89 bits per heavy atom. The number of fused-ring (bicyclic) bond motifs is 1. The van der Waals surface area contributed by atoms with Crippen LogP contribution in [0.3, 0.4) is 0 Å². The molecule has 2 heterocycles. The Morgan fingerprint density at radius 2 is 2.21 bits per heavy atom. The van der Waals surface area contributed by atoms with E-state index in [1.54, 1.807) is 0 Å². The molecule has 4 heteroatoms. The lowest BCUT2D eigenvalue weighted by atomic mass is 9.95. The van der Waals surface area contributed by atoms with Gasteiger partial charge in [0.1, 0.15) is 6.04 Å². The molecule has 0 bridgehead atoms. The molecule has 0 saturated carbocycles. The minimum Gasteiger partial charge on any atom is -0.371 e. The van der Waals surface area contributed by atoms with Crippen molar-refractivity contribution in [3.05, 3.63) is 23.8 Å². The molecule has 3 rings (SSSR count). The van der Waals surface area contributed by atoms with Crippen LogP contribution in [-0.2, 0) is 4.79 Å². The van der Waals surface area contributed by atoms with Gasteiger partial charge in [-0.3, -0.25) is 4.79 Å². The Hall–Kier alpha value is -1.55. The third-order valence-corrected chi connectivity index (χ3v) is 4.44. The van der Waals surface area contributed by atoms with Crippen LogP contribution in [0.5, 0.6) is 0 Å². The van der Waals surface area contributed by atoms with E-state index in [1.807, 2.05) is 6.07 Å². The second kappa shape index (κ2) is 4.53. The number of nitrogens with one attached hydrogen (secondary N) is 1. The number of hydrogen-bond acceptors (Lipinski definition) is 3. The number of anilines is 2. The summed E-state index contributed by atoms with van der Waals surface area (Å²) in [6, 6.07) is 5.62. The van der Waals surface area contributed by atoms with E-state index in [4.69, 9.17) is 5.73 Å². The van der Waals surface area contributed by atoms with Crippen molar-refractivity contribution < 1.29 is 4.79 Å². The predicted octanol–water partition coefficient (Wildman–Crippen LogP) is 2.12. The van der Waals surface area contributed by atoms with Gasteiger partial charge >= 0.3 is 0 Å². The molecule has 1 aromatic carbocycles. The number of carbonyl (C=O) groups excluding carboxylic acids is 1. The summed E-state index contributed by atoms with van der Waals surface area (Å²) in [5.74, 6) is 1.39. The fourth-order valence-corrected chi connectivity index (χ4v) is 3.04. The van der Waals surface area contributed by atoms with Crippen molar-refractivity contribution in [2.45, 2.75) is 26.3 Å². The first-order valence-corrected chi connectivity index (χ1v) is 7.01. The van der Waals surface area contributed by atoms with Gasteiger partial charge in [-0.15, -0.1) is 0 Å². The number of nitrogens with zero attached hydrogens (tertiary/aromatic N) is 1. The molecule has 1 fully saturated rings. The van der Waals surface area contributed by atoms with Gasteiger partial charge in [0, 0.05) is 30.0 Å². The molecule has 0 radical (unpaired) electrons. The molecule has 2 unspecified atom stereocenters. The number of nitrogens with two attached hydrogens (primary N) is 1. The Morgan fingerprint density at radius 1 is 1.42 bits per heavy atom. The lowest BCUT2D eigenvalue weighted by molar-refractivity contribution is -0.116. The van der Waals surface area contributed by atoms with Gasteiger partial charge in [0.05, 0.1) is 0 Å². The fourth-order valence-electron chi connectivity index (χ4n) is 3.04. The monoisotopic (exact) mass is 259 g/mol. The molecular weight excluding hydrogens is 238 g/mol. The molecule has 1 saturated heterocycles. The molecule has 2 atom stereocenters. The minimum atomic E-state index is -0.508. The average Bonchev–Trinajstić information content (AvgIpc) is 2.96. The summed E-state index contributed by atoms with van der Waals surface area (Å²) < 4.78 is 0. The normalized spacial score (nSPS) is 25.9. The van der Waals surface area contributed by atoms with E-state index < -0.39 is 6.04 Å². The van der Waals surface area contributed by atoms with Gasteiger partial charge in [-0.2, -0.15) is 0 Å². The number of amides is 1. The van der Waals surface area contributed by atoms with Gasteiger partial charge < -0.3 is 16.0 Å². The van der Waals surface area contributed by atoms with Crippen LogP contribution in [0.4, 0.5) is 11.4 Å². The van der Waals surface area contributed by atoms with E-state index >= 15 is 0 Å². The maximum Gasteiger partial charge on any atom is 0.245 e. The third-order valence-electron chi connectivity index (χ3n) is 4.44. The van der Waals surface area contributed by atoms with E-state index in [9.17, 15) is 4.79 Å². The highest BCUT2D eigenvalue weighted by Gasteiger charge is 2.29. The molecule has 3 N–H and O–H groups in total. The van der Waals surface area contributed by atoms with Crippen LogP contribution in [0, 0.1) is 11.8 Å². The topological polar surface area (TPSA) is 58.4 Å². The number of carbonyl (C=O) groups is 1. The first-order chi connectivity index (χ1) is 9.06. The summed E-state index contributed by atoms with van der Waals surface area (Å²) in [7, 11) is 0. The molecule has 0 aromatic heterocycles. The second-order valence-corrected chi connectivity index (χ2v) is 5.98. The molecule has 19 heavy (non-hydrogen) atoms. The first kappa shape index (κ1) is 12.5. The van der Waals surface area contributed by atoms with E-state index in [1.165, 1.54) is 12.1 Å². The molecule has 0 spiro atoms. The standard InChI is InChI=1S/C15H21N3O/c1-9(2)10-5-6-18(8-10)11-3-4-12-13(7-11)17-15(19)14(12)16/h3-4,7,9-10,14H,5-6,8,16H2,1-2H3,(H,17,19). The molecule has 2 aliphatic heterocycles. The van der Waals surface area contributed by atoms with Crippen LogP contribution in [0.15, 0.2) is 18.2 Å². The summed E-state index contributed by atoms with van der Waals surface area (Å²) in [4.78, 5) is 14.0. The molecule has 2 aliphatic rings. The SMILES string of the molecule is CC(C)C1CCN(c2ccc3c(c2)NC(=O)C3N)C1. The third kappa shape index (κ3) is 2.10. The van der Waals surface area contributed by atoms with Gasteiger partial charge in [0.2, 0.25) is 5.91 Å². The van der Waals surface area contributed by atoms with E-state index in [0.717, 1.165) is 36.2 Å². The molecule has 0 aliphatic carbocycles. The molecule has 4 nitrogen and oxygen atoms in total. The second-order valence-electron chi connectivity index (χ2n) is 5.98. The van der Waals surface area contributed by atoms with Crippen LogP contribution in [0.2, 0.25) is 0 Å². The zero-order valence-corrected chi connectivity index (χ0v) is 11.5. The molecule has 1 amide bonds. The maximum atomic E-state index is 11.6. The van der Waals surface area contributed by atoms with E-state index in [-0.39, 0.29) is 5.91 Å². The Balaban J connectivity index is 1.81. The smallest absolute Gasteiger partial charge is 0.245 e. The van der Waals surface area contributed by atoms with E-state index in [0.29, 0.717) is 0 Å². The lowest BCUT2D eigenvalue weighted by Crippen LogP contribution is -2.21.